The van der Waals surface area contributed by atoms with Crippen LogP contribution in [0.3, 0.4) is 0 Å². The monoisotopic (exact) mass is 208 g/mol. The number of hydrogen-bond acceptors (Lipinski definition) is 0. The van der Waals surface area contributed by atoms with E-state index in [4.69, 9.17) is 11.6 Å². The standard InChI is InChI=1S/C13H17Cl/c1-10-4-3-5-11(2)12(10)8-13(9-14)6-7-13/h3-5H,6-9H2,1-2H3. The van der Waals surface area contributed by atoms with Crippen LogP contribution in [-0.4, -0.2) is 5.88 Å². The molecule has 0 N–H and O–H groups in total. The summed E-state index contributed by atoms with van der Waals surface area (Å²) < 4.78 is 0. The molecule has 0 saturated heterocycles. The van der Waals surface area contributed by atoms with Gasteiger partial charge in [-0.05, 0) is 55.2 Å². The molecule has 1 aliphatic carbocycles. The van der Waals surface area contributed by atoms with Crippen molar-refractivity contribution >= 4 is 11.6 Å². The van der Waals surface area contributed by atoms with Gasteiger partial charge in [-0.15, -0.1) is 11.6 Å². The molecule has 1 aromatic rings. The van der Waals surface area contributed by atoms with Gasteiger partial charge < -0.3 is 0 Å². The summed E-state index contributed by atoms with van der Waals surface area (Å²) in [5.41, 5.74) is 4.80. The fourth-order valence-electron chi connectivity index (χ4n) is 2.04. The van der Waals surface area contributed by atoms with Crippen LogP contribution in [0.2, 0.25) is 0 Å². The highest BCUT2D eigenvalue weighted by Gasteiger charge is 2.41. The lowest BCUT2D eigenvalue weighted by molar-refractivity contribution is 0.574. The van der Waals surface area contributed by atoms with Crippen LogP contribution in [-0.2, 0) is 6.42 Å². The third-order valence-electron chi connectivity index (χ3n) is 3.44. The molecule has 0 nitrogen and oxygen atoms in total. The Morgan fingerprint density at radius 2 is 1.79 bits per heavy atom. The fourth-order valence-corrected chi connectivity index (χ4v) is 2.40. The molecule has 0 aromatic heterocycles. The van der Waals surface area contributed by atoms with Crippen molar-refractivity contribution in [3.8, 4) is 0 Å². The van der Waals surface area contributed by atoms with Gasteiger partial charge in [-0.1, -0.05) is 18.2 Å². The van der Waals surface area contributed by atoms with E-state index in [9.17, 15) is 0 Å². The van der Waals surface area contributed by atoms with E-state index in [1.165, 1.54) is 36.0 Å². The second-order valence-electron chi connectivity index (χ2n) is 4.68. The van der Waals surface area contributed by atoms with Gasteiger partial charge >= 0.3 is 0 Å². The summed E-state index contributed by atoms with van der Waals surface area (Å²) in [6.45, 7) is 4.40. The van der Waals surface area contributed by atoms with Gasteiger partial charge in [-0.2, -0.15) is 0 Å². The number of alkyl halides is 1. The van der Waals surface area contributed by atoms with Gasteiger partial charge in [0.15, 0.2) is 0 Å². The summed E-state index contributed by atoms with van der Waals surface area (Å²) in [6, 6.07) is 6.54. The molecule has 0 atom stereocenters. The molecule has 0 spiro atoms. The van der Waals surface area contributed by atoms with E-state index in [-0.39, 0.29) is 0 Å². The number of aryl methyl sites for hydroxylation is 2. The van der Waals surface area contributed by atoms with Crippen molar-refractivity contribution in [3.63, 3.8) is 0 Å². The molecular weight excluding hydrogens is 192 g/mol. The van der Waals surface area contributed by atoms with Crippen LogP contribution in [0.5, 0.6) is 0 Å². The van der Waals surface area contributed by atoms with Gasteiger partial charge in [-0.3, -0.25) is 0 Å². The summed E-state index contributed by atoms with van der Waals surface area (Å²) in [4.78, 5) is 0. The summed E-state index contributed by atoms with van der Waals surface area (Å²) in [5, 5.41) is 0. The average Bonchev–Trinajstić information content (AvgIpc) is 2.93. The average molecular weight is 209 g/mol. The van der Waals surface area contributed by atoms with Crippen LogP contribution in [0.4, 0.5) is 0 Å². The summed E-state index contributed by atoms with van der Waals surface area (Å²) in [7, 11) is 0. The molecule has 0 aliphatic heterocycles. The number of hydrogen-bond donors (Lipinski definition) is 0. The van der Waals surface area contributed by atoms with Crippen LogP contribution >= 0.6 is 11.6 Å². The van der Waals surface area contributed by atoms with E-state index >= 15 is 0 Å². The Bertz CT molecular complexity index is 317. The Kier molecular flexibility index (Phi) is 2.57. The van der Waals surface area contributed by atoms with Gasteiger partial charge in [0.05, 0.1) is 0 Å². The topological polar surface area (TPSA) is 0 Å². The predicted octanol–water partition coefficient (Wildman–Crippen LogP) is 3.86. The van der Waals surface area contributed by atoms with Crippen LogP contribution in [0.1, 0.15) is 29.5 Å². The molecule has 1 saturated carbocycles. The lowest BCUT2D eigenvalue weighted by Gasteiger charge is -2.15. The molecule has 14 heavy (non-hydrogen) atoms. The summed E-state index contributed by atoms with van der Waals surface area (Å²) >= 11 is 6.01. The highest BCUT2D eigenvalue weighted by Crippen LogP contribution is 2.49. The molecule has 0 bridgehead atoms. The lowest BCUT2D eigenvalue weighted by atomic mass is 9.92. The van der Waals surface area contributed by atoms with Crippen molar-refractivity contribution in [1.29, 1.82) is 0 Å². The first-order valence-corrected chi connectivity index (χ1v) is 5.81. The van der Waals surface area contributed by atoms with Crippen molar-refractivity contribution in [2.75, 3.05) is 5.88 Å². The maximum absolute atomic E-state index is 6.01. The second kappa shape index (κ2) is 3.58. The zero-order valence-electron chi connectivity index (χ0n) is 8.94. The number of rotatable bonds is 3. The minimum absolute atomic E-state index is 0.443. The highest BCUT2D eigenvalue weighted by atomic mass is 35.5. The highest BCUT2D eigenvalue weighted by molar-refractivity contribution is 6.18. The lowest BCUT2D eigenvalue weighted by Crippen LogP contribution is -2.09. The molecule has 1 aliphatic rings. The Morgan fingerprint density at radius 1 is 1.21 bits per heavy atom. The molecular formula is C13H17Cl. The zero-order chi connectivity index (χ0) is 10.2. The number of benzene rings is 1. The third-order valence-corrected chi connectivity index (χ3v) is 4.00. The van der Waals surface area contributed by atoms with Crippen molar-refractivity contribution in [3.05, 3.63) is 34.9 Å². The minimum atomic E-state index is 0.443. The van der Waals surface area contributed by atoms with E-state index in [0.29, 0.717) is 5.41 Å². The quantitative estimate of drug-likeness (QED) is 0.662. The van der Waals surface area contributed by atoms with E-state index in [2.05, 4.69) is 32.0 Å². The molecule has 1 fully saturated rings. The Morgan fingerprint density at radius 3 is 2.21 bits per heavy atom. The van der Waals surface area contributed by atoms with E-state index in [1.807, 2.05) is 0 Å². The van der Waals surface area contributed by atoms with Crippen LogP contribution < -0.4 is 0 Å². The van der Waals surface area contributed by atoms with Crippen LogP contribution in [0.25, 0.3) is 0 Å². The molecule has 2 rings (SSSR count). The largest absolute Gasteiger partial charge is 0.126 e. The van der Waals surface area contributed by atoms with E-state index < -0.39 is 0 Å². The number of halogens is 1. The Labute approximate surface area is 91.3 Å². The Hall–Kier alpha value is -0.490. The minimum Gasteiger partial charge on any atom is -0.126 e. The first-order valence-electron chi connectivity index (χ1n) is 5.28. The van der Waals surface area contributed by atoms with Crippen LogP contribution in [0, 0.1) is 19.3 Å². The van der Waals surface area contributed by atoms with Crippen molar-refractivity contribution < 1.29 is 0 Å². The van der Waals surface area contributed by atoms with E-state index in [0.717, 1.165) is 5.88 Å². The van der Waals surface area contributed by atoms with Gasteiger partial charge in [-0.25, -0.2) is 0 Å². The van der Waals surface area contributed by atoms with E-state index in [1.54, 1.807) is 0 Å². The smallest absolute Gasteiger partial charge is 0.0283 e. The predicted molar refractivity (Wildman–Crippen MR) is 62.0 cm³/mol. The third kappa shape index (κ3) is 1.81. The maximum Gasteiger partial charge on any atom is 0.0283 e. The van der Waals surface area contributed by atoms with Crippen molar-refractivity contribution in [2.24, 2.45) is 5.41 Å². The van der Waals surface area contributed by atoms with Crippen molar-refractivity contribution in [2.45, 2.75) is 33.1 Å². The fraction of sp³-hybridized carbons (Fsp3) is 0.538. The van der Waals surface area contributed by atoms with Crippen molar-refractivity contribution in [1.82, 2.24) is 0 Å². The summed E-state index contributed by atoms with van der Waals surface area (Å²) in [5.74, 6) is 0.820. The molecule has 0 unspecified atom stereocenters. The molecule has 1 aromatic carbocycles. The molecule has 0 amide bonds. The first-order chi connectivity index (χ1) is 6.67. The molecule has 0 radical (unpaired) electrons. The summed E-state index contributed by atoms with van der Waals surface area (Å²) in [6.07, 6.45) is 3.80. The molecule has 1 heteroatoms. The first kappa shape index (κ1) is 10.0. The van der Waals surface area contributed by atoms with Gasteiger partial charge in [0.2, 0.25) is 0 Å². The van der Waals surface area contributed by atoms with Gasteiger partial charge in [0.25, 0.3) is 0 Å². The molecule has 76 valence electrons. The van der Waals surface area contributed by atoms with Crippen LogP contribution in [0.15, 0.2) is 18.2 Å². The maximum atomic E-state index is 6.01. The zero-order valence-corrected chi connectivity index (χ0v) is 9.69. The SMILES string of the molecule is Cc1cccc(C)c1CC1(CCl)CC1. The van der Waals surface area contributed by atoms with Gasteiger partial charge in [0.1, 0.15) is 0 Å². The van der Waals surface area contributed by atoms with Gasteiger partial charge in [0, 0.05) is 5.88 Å². The normalized spacial score (nSPS) is 18.2. The molecule has 0 heterocycles. The Balaban J connectivity index is 2.24. The second-order valence-corrected chi connectivity index (χ2v) is 4.95.